The molecule has 1 fully saturated rings. The third-order valence-corrected chi connectivity index (χ3v) is 5.90. The maximum absolute atomic E-state index is 12.8. The second-order valence-corrected chi connectivity index (χ2v) is 9.25. The Hall–Kier alpha value is -2.37. The van der Waals surface area contributed by atoms with E-state index in [1.807, 2.05) is 41.3 Å². The van der Waals surface area contributed by atoms with E-state index in [1.165, 1.54) is 0 Å². The second-order valence-electron chi connectivity index (χ2n) is 8.81. The highest BCUT2D eigenvalue weighted by Crippen LogP contribution is 2.24. The van der Waals surface area contributed by atoms with E-state index < -0.39 is 12.0 Å². The van der Waals surface area contributed by atoms with Gasteiger partial charge in [0.15, 0.2) is 5.78 Å². The lowest BCUT2D eigenvalue weighted by atomic mass is 9.86. The number of carboxylic acids is 1. The van der Waals surface area contributed by atoms with Gasteiger partial charge in [0.2, 0.25) is 0 Å². The van der Waals surface area contributed by atoms with Crippen molar-refractivity contribution in [2.24, 2.45) is 0 Å². The molecule has 2 aromatic rings. The topological polar surface area (TPSA) is 60.9 Å². The van der Waals surface area contributed by atoms with Crippen LogP contribution in [-0.4, -0.2) is 54.0 Å². The summed E-state index contributed by atoms with van der Waals surface area (Å²) in [5.41, 5.74) is 2.75. The van der Waals surface area contributed by atoms with Gasteiger partial charge in [-0.15, -0.1) is 0 Å². The first kappa shape index (κ1) is 22.3. The number of Topliss-reactive ketones (excluding diaryl/α,β-unsaturated/α-hetero) is 1. The molecule has 0 unspecified atom stereocenters. The van der Waals surface area contributed by atoms with Crippen molar-refractivity contribution in [2.45, 2.75) is 38.6 Å². The molecule has 160 valence electrons. The number of hydrogen-bond acceptors (Lipinski definition) is 4. The van der Waals surface area contributed by atoms with Crippen LogP contribution in [0.25, 0.3) is 0 Å². The summed E-state index contributed by atoms with van der Waals surface area (Å²) in [5, 5.41) is 10.4. The molecule has 1 saturated heterocycles. The number of halogens is 1. The van der Waals surface area contributed by atoms with Crippen LogP contribution in [0, 0.1) is 0 Å². The molecular formula is C24H29ClN2O3. The summed E-state index contributed by atoms with van der Waals surface area (Å²) in [4.78, 5) is 28.8. The number of aliphatic carboxylic acids is 1. The van der Waals surface area contributed by atoms with Crippen molar-refractivity contribution in [1.29, 1.82) is 0 Å². The fraction of sp³-hybridized carbons (Fsp3) is 0.417. The fourth-order valence-electron chi connectivity index (χ4n) is 3.79. The van der Waals surface area contributed by atoms with Crippen LogP contribution in [0.4, 0.5) is 5.69 Å². The average molecular weight is 429 g/mol. The van der Waals surface area contributed by atoms with Gasteiger partial charge in [-0.05, 0) is 29.2 Å². The van der Waals surface area contributed by atoms with Gasteiger partial charge in [-0.25, -0.2) is 0 Å². The van der Waals surface area contributed by atoms with E-state index in [2.05, 4.69) is 25.7 Å². The summed E-state index contributed by atoms with van der Waals surface area (Å²) in [6, 6.07) is 14.4. The van der Waals surface area contributed by atoms with Crippen LogP contribution in [0.1, 0.15) is 43.1 Å². The monoisotopic (exact) mass is 428 g/mol. The number of carboxylic acid groups (broad SMARTS) is 1. The van der Waals surface area contributed by atoms with Crippen LogP contribution in [0.3, 0.4) is 0 Å². The molecule has 1 N–H and O–H groups in total. The molecule has 0 amide bonds. The van der Waals surface area contributed by atoms with Crippen LogP contribution in [0.15, 0.2) is 48.5 Å². The Morgan fingerprint density at radius 2 is 1.67 bits per heavy atom. The fourth-order valence-corrected chi connectivity index (χ4v) is 3.97. The first-order chi connectivity index (χ1) is 14.1. The maximum atomic E-state index is 12.8. The highest BCUT2D eigenvalue weighted by atomic mass is 35.5. The molecule has 0 aromatic heterocycles. The van der Waals surface area contributed by atoms with E-state index in [-0.39, 0.29) is 17.6 Å². The van der Waals surface area contributed by atoms with Crippen LogP contribution < -0.4 is 4.90 Å². The molecule has 1 atom stereocenters. The van der Waals surface area contributed by atoms with Crippen LogP contribution in [0.2, 0.25) is 5.02 Å². The zero-order chi connectivity index (χ0) is 21.9. The normalized spacial score (nSPS) is 16.3. The van der Waals surface area contributed by atoms with Gasteiger partial charge in [0.05, 0.1) is 0 Å². The molecule has 6 heteroatoms. The Balaban J connectivity index is 1.64. The molecule has 0 radical (unpaired) electrons. The van der Waals surface area contributed by atoms with Crippen molar-refractivity contribution in [2.75, 3.05) is 31.1 Å². The third-order valence-electron chi connectivity index (χ3n) is 5.67. The number of carbonyl (C=O) groups excluding carboxylic acids is 1. The van der Waals surface area contributed by atoms with E-state index >= 15 is 0 Å². The van der Waals surface area contributed by atoms with Crippen molar-refractivity contribution in [3.8, 4) is 0 Å². The lowest BCUT2D eigenvalue weighted by molar-refractivity contribution is -0.143. The maximum Gasteiger partial charge on any atom is 0.321 e. The van der Waals surface area contributed by atoms with Gasteiger partial charge in [-0.3, -0.25) is 14.5 Å². The highest BCUT2D eigenvalue weighted by Gasteiger charge is 2.31. The van der Waals surface area contributed by atoms with Crippen molar-refractivity contribution in [3.63, 3.8) is 0 Å². The van der Waals surface area contributed by atoms with Crippen LogP contribution in [-0.2, 0) is 10.2 Å². The number of piperazine rings is 1. The Morgan fingerprint density at radius 1 is 1.03 bits per heavy atom. The van der Waals surface area contributed by atoms with Crippen LogP contribution >= 0.6 is 11.6 Å². The predicted octanol–water partition coefficient (Wildman–Crippen LogP) is 4.49. The largest absolute Gasteiger partial charge is 0.480 e. The van der Waals surface area contributed by atoms with Gasteiger partial charge in [0.25, 0.3) is 0 Å². The molecule has 30 heavy (non-hydrogen) atoms. The minimum Gasteiger partial charge on any atom is -0.480 e. The van der Waals surface area contributed by atoms with Crippen LogP contribution in [0.5, 0.6) is 0 Å². The number of ketones is 1. The average Bonchev–Trinajstić information content (AvgIpc) is 2.71. The molecule has 0 saturated carbocycles. The molecule has 5 nitrogen and oxygen atoms in total. The zero-order valence-corrected chi connectivity index (χ0v) is 18.5. The summed E-state index contributed by atoms with van der Waals surface area (Å²) >= 11 is 6.08. The Kier molecular flexibility index (Phi) is 6.84. The molecule has 0 spiro atoms. The van der Waals surface area contributed by atoms with Gasteiger partial charge < -0.3 is 10.0 Å². The summed E-state index contributed by atoms with van der Waals surface area (Å²) in [7, 11) is 0. The quantitative estimate of drug-likeness (QED) is 0.687. The summed E-state index contributed by atoms with van der Waals surface area (Å²) in [6.07, 6.45) is -0.0264. The van der Waals surface area contributed by atoms with Gasteiger partial charge in [0, 0.05) is 48.9 Å². The number of nitrogens with zero attached hydrogens (tertiary/aromatic N) is 2. The number of rotatable bonds is 6. The van der Waals surface area contributed by atoms with E-state index in [0.29, 0.717) is 36.8 Å². The second kappa shape index (κ2) is 9.19. The molecule has 3 rings (SSSR count). The minimum absolute atomic E-state index is 0.00777. The molecule has 1 heterocycles. The summed E-state index contributed by atoms with van der Waals surface area (Å²) in [6.45, 7) is 8.91. The standard InChI is InChI=1S/C24H29ClN2O3/c1-24(2,3)18-9-7-17(8-10-18)22(28)16-21(23(29)30)27-13-11-26(12-14-27)20-6-4-5-19(25)15-20/h4-10,15,21H,11-14,16H2,1-3H3,(H,29,30)/t21-/m1/s1. The SMILES string of the molecule is CC(C)(C)c1ccc(C(=O)C[C@H](C(=O)O)N2CCN(c3cccc(Cl)c3)CC2)cc1. The highest BCUT2D eigenvalue weighted by molar-refractivity contribution is 6.30. The van der Waals surface area contributed by atoms with E-state index in [9.17, 15) is 14.7 Å². The Morgan fingerprint density at radius 3 is 2.20 bits per heavy atom. The van der Waals surface area contributed by atoms with E-state index in [0.717, 1.165) is 11.3 Å². The van der Waals surface area contributed by atoms with Gasteiger partial charge in [-0.2, -0.15) is 0 Å². The molecule has 0 bridgehead atoms. The molecule has 0 aliphatic carbocycles. The summed E-state index contributed by atoms with van der Waals surface area (Å²) in [5.74, 6) is -1.09. The van der Waals surface area contributed by atoms with Gasteiger partial charge in [-0.1, -0.05) is 62.7 Å². The number of hydrogen-bond donors (Lipinski definition) is 1. The van der Waals surface area contributed by atoms with E-state index in [4.69, 9.17) is 11.6 Å². The lowest BCUT2D eigenvalue weighted by Gasteiger charge is -2.38. The molecule has 2 aromatic carbocycles. The van der Waals surface area contributed by atoms with Gasteiger partial charge in [0.1, 0.15) is 6.04 Å². The van der Waals surface area contributed by atoms with Crippen molar-refractivity contribution < 1.29 is 14.7 Å². The third kappa shape index (κ3) is 5.41. The number of carbonyl (C=O) groups is 2. The Labute approximate surface area is 183 Å². The number of anilines is 1. The Bertz CT molecular complexity index is 897. The molecule has 1 aliphatic rings. The molecule has 1 aliphatic heterocycles. The minimum atomic E-state index is -0.953. The van der Waals surface area contributed by atoms with Gasteiger partial charge >= 0.3 is 5.97 Å². The smallest absolute Gasteiger partial charge is 0.321 e. The first-order valence-corrected chi connectivity index (χ1v) is 10.6. The number of benzene rings is 2. The first-order valence-electron chi connectivity index (χ1n) is 10.3. The predicted molar refractivity (Wildman–Crippen MR) is 121 cm³/mol. The van der Waals surface area contributed by atoms with Crippen molar-refractivity contribution >= 4 is 29.0 Å². The zero-order valence-electron chi connectivity index (χ0n) is 17.8. The van der Waals surface area contributed by atoms with E-state index in [1.54, 1.807) is 12.1 Å². The summed E-state index contributed by atoms with van der Waals surface area (Å²) < 4.78 is 0. The molecular weight excluding hydrogens is 400 g/mol. The van der Waals surface area contributed by atoms with Crippen molar-refractivity contribution in [1.82, 2.24) is 4.90 Å². The lowest BCUT2D eigenvalue weighted by Crippen LogP contribution is -2.53. The van der Waals surface area contributed by atoms with Crippen molar-refractivity contribution in [3.05, 3.63) is 64.7 Å².